The number of β-amino-alcohol motifs (C(OH)–C–C–N with tert-alkyl or cyclic N) is 1. The fraction of sp³-hybridized carbons (Fsp3) is 0.417. The molecule has 0 bridgehead atoms. The first-order valence-corrected chi connectivity index (χ1v) is 11.2. The van der Waals surface area contributed by atoms with Crippen LogP contribution in [0.4, 0.5) is 13.2 Å². The van der Waals surface area contributed by atoms with Crippen LogP contribution in [0, 0.1) is 0 Å². The lowest BCUT2D eigenvalue weighted by Gasteiger charge is -2.34. The molecule has 1 N–H and O–H groups in total. The summed E-state index contributed by atoms with van der Waals surface area (Å²) in [5, 5.41) is 14.3. The molecule has 0 radical (unpaired) electrons. The highest BCUT2D eigenvalue weighted by molar-refractivity contribution is 5.53. The van der Waals surface area contributed by atoms with Crippen molar-refractivity contribution < 1.29 is 32.3 Å². The van der Waals surface area contributed by atoms with E-state index in [0.717, 1.165) is 38.3 Å². The fourth-order valence-electron chi connectivity index (χ4n) is 3.84. The molecule has 2 heterocycles. The van der Waals surface area contributed by atoms with Crippen molar-refractivity contribution in [3.8, 4) is 23.0 Å². The third-order valence-electron chi connectivity index (χ3n) is 5.73. The van der Waals surface area contributed by atoms with Crippen LogP contribution in [0.15, 0.2) is 53.1 Å². The van der Waals surface area contributed by atoms with Gasteiger partial charge in [-0.15, -0.1) is 0 Å². The average Bonchev–Trinajstić information content (AvgIpc) is 3.32. The van der Waals surface area contributed by atoms with E-state index in [2.05, 4.69) is 19.9 Å². The van der Waals surface area contributed by atoms with Crippen molar-refractivity contribution in [3.05, 3.63) is 59.9 Å². The summed E-state index contributed by atoms with van der Waals surface area (Å²) >= 11 is 0. The van der Waals surface area contributed by atoms with Gasteiger partial charge in [0.2, 0.25) is 0 Å². The third kappa shape index (κ3) is 6.71. The lowest BCUT2D eigenvalue weighted by Crippen LogP contribution is -2.48. The fourth-order valence-corrected chi connectivity index (χ4v) is 3.84. The Morgan fingerprint density at radius 3 is 2.31 bits per heavy atom. The predicted molar refractivity (Wildman–Crippen MR) is 121 cm³/mol. The molecule has 35 heavy (non-hydrogen) atoms. The maximum absolute atomic E-state index is 12.7. The monoisotopic (exact) mass is 492 g/mol. The van der Waals surface area contributed by atoms with Crippen LogP contribution in [0.2, 0.25) is 0 Å². The Morgan fingerprint density at radius 2 is 1.66 bits per heavy atom. The molecule has 0 spiro atoms. The van der Waals surface area contributed by atoms with Gasteiger partial charge in [0.15, 0.2) is 17.3 Å². The van der Waals surface area contributed by atoms with E-state index >= 15 is 0 Å². The number of halogens is 3. The molecule has 8 nitrogen and oxygen atoms in total. The van der Waals surface area contributed by atoms with E-state index in [1.165, 1.54) is 12.1 Å². The SMILES string of the molecule is COc1ccccc1OCC(O)CN1CCN(Cc2noc(-c3ccc(C(F)(F)F)cc3)n2)CC1. The summed E-state index contributed by atoms with van der Waals surface area (Å²) in [6.07, 6.45) is -5.03. The molecule has 1 unspecified atom stereocenters. The highest BCUT2D eigenvalue weighted by atomic mass is 19.4. The van der Waals surface area contributed by atoms with E-state index in [4.69, 9.17) is 14.0 Å². The zero-order valence-electron chi connectivity index (χ0n) is 19.2. The first-order chi connectivity index (χ1) is 16.8. The maximum atomic E-state index is 12.7. The molecule has 1 atom stereocenters. The average molecular weight is 492 g/mol. The minimum Gasteiger partial charge on any atom is -0.493 e. The molecule has 1 saturated heterocycles. The summed E-state index contributed by atoms with van der Waals surface area (Å²) in [4.78, 5) is 8.65. The van der Waals surface area contributed by atoms with Crippen LogP contribution in [0.1, 0.15) is 11.4 Å². The molecule has 1 aliphatic rings. The molecule has 3 aromatic rings. The minimum absolute atomic E-state index is 0.163. The van der Waals surface area contributed by atoms with E-state index in [-0.39, 0.29) is 12.5 Å². The minimum atomic E-state index is -4.39. The van der Waals surface area contributed by atoms with Crippen molar-refractivity contribution in [2.75, 3.05) is 46.4 Å². The Hall–Kier alpha value is -3.15. The second-order valence-corrected chi connectivity index (χ2v) is 8.28. The van der Waals surface area contributed by atoms with Gasteiger partial charge in [-0.3, -0.25) is 9.80 Å². The van der Waals surface area contributed by atoms with Crippen LogP contribution in [0.5, 0.6) is 11.5 Å². The standard InChI is InChI=1S/C24H27F3N4O4/c1-33-20-4-2-3-5-21(20)34-16-19(32)14-30-10-12-31(13-11-30)15-22-28-23(35-29-22)17-6-8-18(9-7-17)24(25,26)27/h2-9,19,32H,10-16H2,1H3. The van der Waals surface area contributed by atoms with Crippen LogP contribution in [-0.2, 0) is 12.7 Å². The molecule has 2 aromatic carbocycles. The van der Waals surface area contributed by atoms with Gasteiger partial charge in [0.1, 0.15) is 12.7 Å². The van der Waals surface area contributed by atoms with Gasteiger partial charge >= 0.3 is 6.18 Å². The lowest BCUT2D eigenvalue weighted by atomic mass is 10.1. The zero-order chi connectivity index (χ0) is 24.8. The number of para-hydroxylation sites is 2. The van der Waals surface area contributed by atoms with Crippen LogP contribution < -0.4 is 9.47 Å². The first kappa shape index (κ1) is 25.0. The summed E-state index contributed by atoms with van der Waals surface area (Å²) < 4.78 is 54.4. The van der Waals surface area contributed by atoms with Gasteiger partial charge in [-0.05, 0) is 36.4 Å². The van der Waals surface area contributed by atoms with Gasteiger partial charge in [-0.25, -0.2) is 0 Å². The highest BCUT2D eigenvalue weighted by Crippen LogP contribution is 2.30. The molecule has 1 fully saturated rings. The molecular formula is C24H27F3N4O4. The number of alkyl halides is 3. The quantitative estimate of drug-likeness (QED) is 0.487. The third-order valence-corrected chi connectivity index (χ3v) is 5.73. The van der Waals surface area contributed by atoms with Crippen LogP contribution >= 0.6 is 0 Å². The van der Waals surface area contributed by atoms with Crippen LogP contribution in [-0.4, -0.2) is 77.6 Å². The predicted octanol–water partition coefficient (Wildman–Crippen LogP) is 3.32. The number of nitrogens with zero attached hydrogens (tertiary/aromatic N) is 4. The normalized spacial score (nSPS) is 16.3. The second kappa shape index (κ2) is 11.1. The first-order valence-electron chi connectivity index (χ1n) is 11.2. The Bertz CT molecular complexity index is 1080. The molecule has 0 amide bonds. The highest BCUT2D eigenvalue weighted by Gasteiger charge is 2.30. The van der Waals surface area contributed by atoms with Gasteiger partial charge in [-0.2, -0.15) is 18.2 Å². The summed E-state index contributed by atoms with van der Waals surface area (Å²) in [5.74, 6) is 1.87. The second-order valence-electron chi connectivity index (χ2n) is 8.28. The van der Waals surface area contributed by atoms with Crippen molar-refractivity contribution in [2.24, 2.45) is 0 Å². The van der Waals surface area contributed by atoms with Gasteiger partial charge in [0.05, 0.1) is 19.2 Å². The summed E-state index contributed by atoms with van der Waals surface area (Å²) in [7, 11) is 1.57. The molecular weight excluding hydrogens is 465 g/mol. The van der Waals surface area contributed by atoms with E-state index in [1.54, 1.807) is 19.2 Å². The Morgan fingerprint density at radius 1 is 1.00 bits per heavy atom. The molecule has 0 saturated carbocycles. The molecule has 1 aromatic heterocycles. The van der Waals surface area contributed by atoms with Gasteiger partial charge < -0.3 is 19.1 Å². The molecule has 188 valence electrons. The number of aromatic nitrogens is 2. The summed E-state index contributed by atoms with van der Waals surface area (Å²) in [6.45, 7) is 4.15. The summed E-state index contributed by atoms with van der Waals surface area (Å²) in [5.41, 5.74) is -0.291. The molecule has 11 heteroatoms. The number of rotatable bonds is 9. The Kier molecular flexibility index (Phi) is 7.89. The number of benzene rings is 2. The smallest absolute Gasteiger partial charge is 0.416 e. The Labute approximate surface area is 200 Å². The Balaban J connectivity index is 1.21. The number of methoxy groups -OCH3 is 1. The number of piperazine rings is 1. The number of aliphatic hydroxyl groups excluding tert-OH is 1. The number of aliphatic hydroxyl groups is 1. The maximum Gasteiger partial charge on any atom is 0.416 e. The van der Waals surface area contributed by atoms with E-state index in [1.807, 2.05) is 12.1 Å². The van der Waals surface area contributed by atoms with Crippen molar-refractivity contribution in [1.82, 2.24) is 19.9 Å². The lowest BCUT2D eigenvalue weighted by molar-refractivity contribution is -0.137. The van der Waals surface area contributed by atoms with Crippen molar-refractivity contribution in [1.29, 1.82) is 0 Å². The number of ether oxygens (including phenoxy) is 2. The topological polar surface area (TPSA) is 84.1 Å². The zero-order valence-corrected chi connectivity index (χ0v) is 19.2. The molecule has 1 aliphatic heterocycles. The van der Waals surface area contributed by atoms with E-state index in [9.17, 15) is 18.3 Å². The van der Waals surface area contributed by atoms with Crippen LogP contribution in [0.3, 0.4) is 0 Å². The van der Waals surface area contributed by atoms with E-state index < -0.39 is 17.8 Å². The molecule has 0 aliphatic carbocycles. The largest absolute Gasteiger partial charge is 0.493 e. The van der Waals surface area contributed by atoms with Crippen molar-refractivity contribution in [3.63, 3.8) is 0 Å². The van der Waals surface area contributed by atoms with Gasteiger partial charge in [0.25, 0.3) is 5.89 Å². The van der Waals surface area contributed by atoms with Gasteiger partial charge in [-0.1, -0.05) is 17.3 Å². The number of hydrogen-bond donors (Lipinski definition) is 1. The van der Waals surface area contributed by atoms with Gasteiger partial charge in [0, 0.05) is 38.3 Å². The van der Waals surface area contributed by atoms with Crippen molar-refractivity contribution >= 4 is 0 Å². The van der Waals surface area contributed by atoms with E-state index in [0.29, 0.717) is 36.0 Å². The molecule has 4 rings (SSSR count). The van der Waals surface area contributed by atoms with Crippen molar-refractivity contribution in [2.45, 2.75) is 18.8 Å². The number of hydrogen-bond acceptors (Lipinski definition) is 8. The summed E-state index contributed by atoms with van der Waals surface area (Å²) in [6, 6.07) is 11.9. The van der Waals surface area contributed by atoms with Crippen LogP contribution in [0.25, 0.3) is 11.5 Å².